The van der Waals surface area contributed by atoms with Gasteiger partial charge in [0, 0.05) is 11.8 Å². The van der Waals surface area contributed by atoms with E-state index in [0.717, 1.165) is 5.56 Å². The maximum atomic E-state index is 5.94. The molecule has 0 saturated carbocycles. The van der Waals surface area contributed by atoms with Gasteiger partial charge in [0.15, 0.2) is 0 Å². The Kier molecular flexibility index (Phi) is 4.10. The van der Waals surface area contributed by atoms with Crippen molar-refractivity contribution in [1.29, 1.82) is 0 Å². The van der Waals surface area contributed by atoms with Crippen LogP contribution >= 0.6 is 23.2 Å². The number of aromatic nitrogens is 4. The Balaban J connectivity index is 3.40. The molecule has 1 rings (SSSR count). The molecule has 0 bridgehead atoms. The van der Waals surface area contributed by atoms with Gasteiger partial charge in [0.25, 0.3) is 0 Å². The summed E-state index contributed by atoms with van der Waals surface area (Å²) in [5.74, 6) is 0.233. The molecule has 0 fully saturated rings. The Bertz CT molecular complexity index is 360. The lowest BCUT2D eigenvalue weighted by atomic mass is 10.1. The quantitative estimate of drug-likeness (QED) is 0.811. The number of hydrogen-bond acceptors (Lipinski definition) is 3. The third-order valence-corrected chi connectivity index (χ3v) is 2.05. The Hall–Kier alpha value is -0.870. The molecule has 1 aromatic heterocycles. The molecule has 1 aromatic rings. The smallest absolute Gasteiger partial charge is 0.225 e. The average Bonchev–Trinajstić information content (AvgIpc) is 2.15. The third-order valence-electron chi connectivity index (χ3n) is 1.57. The van der Waals surface area contributed by atoms with Crippen LogP contribution in [0.25, 0.3) is 0 Å². The number of H-pyrrole nitrogens is 1. The maximum absolute atomic E-state index is 5.94. The molecule has 0 unspecified atom stereocenters. The van der Waals surface area contributed by atoms with Crippen LogP contribution in [0.3, 0.4) is 0 Å². The minimum atomic E-state index is 0.0639. The number of rotatable bonds is 1. The molecule has 0 saturated heterocycles. The Labute approximate surface area is 92.0 Å². The maximum Gasteiger partial charge on any atom is 0.225 e. The summed E-state index contributed by atoms with van der Waals surface area (Å²) < 4.78 is 0. The molecule has 0 aliphatic carbocycles. The van der Waals surface area contributed by atoms with E-state index in [-0.39, 0.29) is 11.2 Å². The SMILES string of the molecule is CC(C)c1c[nH]ncnc(Cl)nc1Cl. The molecular weight excluding hydrogens is 223 g/mol. The summed E-state index contributed by atoms with van der Waals surface area (Å²) in [6.45, 7) is 4.00. The van der Waals surface area contributed by atoms with Gasteiger partial charge < -0.3 is 0 Å². The topological polar surface area (TPSA) is 54.5 Å². The van der Waals surface area contributed by atoms with Gasteiger partial charge in [0.05, 0.1) is 0 Å². The van der Waals surface area contributed by atoms with Gasteiger partial charge in [-0.3, -0.25) is 5.10 Å². The Morgan fingerprint density at radius 3 is 2.71 bits per heavy atom. The van der Waals surface area contributed by atoms with E-state index in [1.54, 1.807) is 6.20 Å². The molecule has 0 radical (unpaired) electrons. The predicted octanol–water partition coefficient (Wildman–Crippen LogP) is 2.75. The zero-order chi connectivity index (χ0) is 10.6. The Morgan fingerprint density at radius 1 is 1.36 bits per heavy atom. The van der Waals surface area contributed by atoms with E-state index < -0.39 is 0 Å². The van der Waals surface area contributed by atoms with Gasteiger partial charge in [-0.1, -0.05) is 25.4 Å². The number of aromatic amines is 1. The fraction of sp³-hybridized carbons (Fsp3) is 0.375. The van der Waals surface area contributed by atoms with Gasteiger partial charge in [0.1, 0.15) is 11.5 Å². The van der Waals surface area contributed by atoms with E-state index in [0.29, 0.717) is 5.15 Å². The molecule has 0 aromatic carbocycles. The normalized spacial score (nSPS) is 10.1. The van der Waals surface area contributed by atoms with E-state index >= 15 is 0 Å². The highest BCUT2D eigenvalue weighted by molar-refractivity contribution is 6.32. The summed E-state index contributed by atoms with van der Waals surface area (Å²) in [5.41, 5.74) is 0.832. The summed E-state index contributed by atoms with van der Waals surface area (Å²) in [7, 11) is 0. The van der Waals surface area contributed by atoms with Crippen LogP contribution in [0.5, 0.6) is 0 Å². The van der Waals surface area contributed by atoms with Crippen LogP contribution in [-0.2, 0) is 0 Å². The van der Waals surface area contributed by atoms with Gasteiger partial charge in [-0.25, -0.2) is 9.97 Å². The predicted molar refractivity (Wildman–Crippen MR) is 55.9 cm³/mol. The number of nitrogens with one attached hydrogen (secondary N) is 1. The molecule has 0 aliphatic rings. The van der Waals surface area contributed by atoms with Gasteiger partial charge in [-0.05, 0) is 17.5 Å². The lowest BCUT2D eigenvalue weighted by Gasteiger charge is -2.02. The van der Waals surface area contributed by atoms with Gasteiger partial charge in [0.2, 0.25) is 5.28 Å². The molecule has 4 nitrogen and oxygen atoms in total. The van der Waals surface area contributed by atoms with E-state index in [1.165, 1.54) is 6.33 Å². The van der Waals surface area contributed by atoms with Crippen LogP contribution in [0, 0.1) is 0 Å². The summed E-state index contributed by atoms with van der Waals surface area (Å²) >= 11 is 11.6. The van der Waals surface area contributed by atoms with Crippen LogP contribution in [0.4, 0.5) is 0 Å². The second-order valence-electron chi connectivity index (χ2n) is 2.93. The molecule has 14 heavy (non-hydrogen) atoms. The van der Waals surface area contributed by atoms with Crippen molar-refractivity contribution in [2.45, 2.75) is 19.8 Å². The van der Waals surface area contributed by atoms with Crippen molar-refractivity contribution < 1.29 is 0 Å². The highest BCUT2D eigenvalue weighted by atomic mass is 35.5. The molecular formula is C8H10Cl2N4. The molecule has 1 heterocycles. The van der Waals surface area contributed by atoms with Crippen LogP contribution in [0.2, 0.25) is 10.4 Å². The van der Waals surface area contributed by atoms with E-state index in [1.807, 2.05) is 13.8 Å². The van der Waals surface area contributed by atoms with Crippen molar-refractivity contribution in [2.75, 3.05) is 0 Å². The van der Waals surface area contributed by atoms with Gasteiger partial charge in [-0.15, -0.1) is 0 Å². The van der Waals surface area contributed by atoms with Crippen LogP contribution in [-0.4, -0.2) is 20.2 Å². The highest BCUT2D eigenvalue weighted by Crippen LogP contribution is 2.19. The van der Waals surface area contributed by atoms with Crippen molar-refractivity contribution in [3.8, 4) is 0 Å². The van der Waals surface area contributed by atoms with Gasteiger partial charge >= 0.3 is 0 Å². The molecule has 1 N–H and O–H groups in total. The fourth-order valence-electron chi connectivity index (χ4n) is 0.855. The number of hydrogen-bond donors (Lipinski definition) is 1. The second kappa shape index (κ2) is 5.12. The molecule has 0 amide bonds. The first-order chi connectivity index (χ1) is 6.61. The van der Waals surface area contributed by atoms with E-state index in [4.69, 9.17) is 23.2 Å². The number of halogens is 2. The van der Waals surface area contributed by atoms with Crippen molar-refractivity contribution in [3.05, 3.63) is 28.5 Å². The van der Waals surface area contributed by atoms with Crippen molar-refractivity contribution in [3.63, 3.8) is 0 Å². The first-order valence-electron chi connectivity index (χ1n) is 4.06. The molecule has 6 heteroatoms. The van der Waals surface area contributed by atoms with Crippen LogP contribution < -0.4 is 0 Å². The van der Waals surface area contributed by atoms with Crippen molar-refractivity contribution in [2.24, 2.45) is 0 Å². The molecule has 0 spiro atoms. The summed E-state index contributed by atoms with van der Waals surface area (Å²) in [4.78, 5) is 7.61. The first-order valence-corrected chi connectivity index (χ1v) is 4.82. The largest absolute Gasteiger partial charge is 0.284 e. The minimum absolute atomic E-state index is 0.0639. The summed E-state index contributed by atoms with van der Waals surface area (Å²) in [6.07, 6.45) is 2.95. The van der Waals surface area contributed by atoms with Gasteiger partial charge in [-0.2, -0.15) is 5.10 Å². The highest BCUT2D eigenvalue weighted by Gasteiger charge is 2.03. The fourth-order valence-corrected chi connectivity index (χ4v) is 1.38. The first kappa shape index (κ1) is 11.2. The zero-order valence-electron chi connectivity index (χ0n) is 7.83. The Morgan fingerprint density at radius 2 is 2.07 bits per heavy atom. The standard InChI is InChI=1S/C8H10Cl2N4/c1-5(2)6-3-12-13-4-11-8(10)14-7(6)9/h3-5,12H,1-2H3. The van der Waals surface area contributed by atoms with Crippen molar-refractivity contribution in [1.82, 2.24) is 20.2 Å². The van der Waals surface area contributed by atoms with Crippen LogP contribution in [0.15, 0.2) is 12.5 Å². The third kappa shape index (κ3) is 3.12. The monoisotopic (exact) mass is 232 g/mol. The molecule has 0 aliphatic heterocycles. The molecule has 0 atom stereocenters. The van der Waals surface area contributed by atoms with Crippen LogP contribution in [0.1, 0.15) is 25.3 Å². The summed E-state index contributed by atoms with van der Waals surface area (Å²) in [6, 6.07) is 0. The molecule has 76 valence electrons. The zero-order valence-corrected chi connectivity index (χ0v) is 9.34. The second-order valence-corrected chi connectivity index (χ2v) is 3.62. The van der Waals surface area contributed by atoms with Crippen molar-refractivity contribution >= 4 is 23.2 Å². The lowest BCUT2D eigenvalue weighted by molar-refractivity contribution is 0.848. The van der Waals surface area contributed by atoms with E-state index in [2.05, 4.69) is 20.2 Å². The summed E-state index contributed by atoms with van der Waals surface area (Å²) in [5, 5.41) is 6.83. The number of nitrogens with zero attached hydrogens (tertiary/aromatic N) is 3. The average molecular weight is 233 g/mol. The lowest BCUT2D eigenvalue weighted by Crippen LogP contribution is -1.89. The minimum Gasteiger partial charge on any atom is -0.284 e. The van der Waals surface area contributed by atoms with E-state index in [9.17, 15) is 0 Å².